The molecule has 0 spiro atoms. The fourth-order valence-corrected chi connectivity index (χ4v) is 5.33. The predicted molar refractivity (Wildman–Crippen MR) is 145 cm³/mol. The number of methoxy groups -OCH3 is 1. The monoisotopic (exact) mass is 531 g/mol. The lowest BCUT2D eigenvalue weighted by Gasteiger charge is -2.42. The van der Waals surface area contributed by atoms with E-state index in [9.17, 15) is 9.59 Å². The van der Waals surface area contributed by atoms with Gasteiger partial charge in [-0.1, -0.05) is 60.2 Å². The number of primary amides is 2. The van der Waals surface area contributed by atoms with Crippen LogP contribution in [0.25, 0.3) is 22.2 Å². The Bertz CT molecular complexity index is 1590. The van der Waals surface area contributed by atoms with Crippen molar-refractivity contribution in [3.8, 4) is 11.3 Å². The molecule has 194 valence electrons. The first kappa shape index (κ1) is 25.2. The molecule has 2 unspecified atom stereocenters. The Morgan fingerprint density at radius 1 is 1.18 bits per heavy atom. The van der Waals surface area contributed by atoms with Crippen LogP contribution < -0.4 is 17.2 Å². The van der Waals surface area contributed by atoms with E-state index in [1.165, 1.54) is 13.2 Å². The zero-order valence-corrected chi connectivity index (χ0v) is 21.2. The van der Waals surface area contributed by atoms with Crippen LogP contribution in [-0.4, -0.2) is 44.7 Å². The van der Waals surface area contributed by atoms with Gasteiger partial charge in [-0.25, -0.2) is 4.98 Å². The number of imidazole rings is 1. The van der Waals surface area contributed by atoms with Crippen molar-refractivity contribution in [2.24, 2.45) is 17.4 Å². The van der Waals surface area contributed by atoms with Gasteiger partial charge in [0.15, 0.2) is 5.82 Å². The Morgan fingerprint density at radius 2 is 1.95 bits per heavy atom. The highest BCUT2D eigenvalue weighted by atomic mass is 35.5. The van der Waals surface area contributed by atoms with Crippen LogP contribution in [0.3, 0.4) is 0 Å². The zero-order valence-electron chi connectivity index (χ0n) is 20.4. The summed E-state index contributed by atoms with van der Waals surface area (Å²) >= 11 is 6.68. The van der Waals surface area contributed by atoms with Gasteiger partial charge in [0.1, 0.15) is 22.3 Å². The van der Waals surface area contributed by atoms with Gasteiger partial charge in [0, 0.05) is 23.6 Å². The number of aromatic amines is 2. The Kier molecular flexibility index (Phi) is 6.52. The lowest BCUT2D eigenvalue weighted by molar-refractivity contribution is -0.129. The minimum atomic E-state index is -1.39. The molecule has 2 aromatic heterocycles. The number of amides is 2. The Labute approximate surface area is 222 Å². The highest BCUT2D eigenvalue weighted by Gasteiger charge is 2.50. The molecule has 1 aliphatic carbocycles. The Morgan fingerprint density at radius 3 is 2.63 bits per heavy atom. The van der Waals surface area contributed by atoms with Gasteiger partial charge in [0.2, 0.25) is 11.8 Å². The van der Waals surface area contributed by atoms with Crippen molar-refractivity contribution in [1.29, 1.82) is 0 Å². The van der Waals surface area contributed by atoms with Crippen LogP contribution in [0.5, 0.6) is 0 Å². The summed E-state index contributed by atoms with van der Waals surface area (Å²) in [5.41, 5.74) is 19.1. The van der Waals surface area contributed by atoms with Crippen molar-refractivity contribution >= 4 is 40.1 Å². The van der Waals surface area contributed by atoms with Gasteiger partial charge < -0.3 is 26.9 Å². The number of carbonyl (C=O) groups is 2. The summed E-state index contributed by atoms with van der Waals surface area (Å²) in [5.74, 6) is -1.98. The second-order valence-electron chi connectivity index (χ2n) is 9.16. The number of halogens is 1. The van der Waals surface area contributed by atoms with Gasteiger partial charge in [-0.15, -0.1) is 0 Å². The summed E-state index contributed by atoms with van der Waals surface area (Å²) in [6.07, 6.45) is 4.98. The van der Waals surface area contributed by atoms with E-state index < -0.39 is 29.3 Å². The predicted octanol–water partition coefficient (Wildman–Crippen LogP) is 2.98. The first-order chi connectivity index (χ1) is 18.2. The molecule has 4 aromatic rings. The van der Waals surface area contributed by atoms with Crippen molar-refractivity contribution in [2.75, 3.05) is 12.8 Å². The second kappa shape index (κ2) is 9.81. The fraction of sp³-hybridized carbons (Fsp3) is 0.185. The number of ether oxygens (including phenoxy) is 1. The summed E-state index contributed by atoms with van der Waals surface area (Å²) in [6, 6.07) is 15.2. The molecule has 0 saturated carbocycles. The Balaban J connectivity index is 1.68. The average Bonchev–Trinajstić information content (AvgIpc) is 3.49. The van der Waals surface area contributed by atoms with Crippen molar-refractivity contribution in [1.82, 2.24) is 20.2 Å². The van der Waals surface area contributed by atoms with Crippen molar-refractivity contribution in [2.45, 2.75) is 17.9 Å². The van der Waals surface area contributed by atoms with Gasteiger partial charge in [0.05, 0.1) is 17.4 Å². The largest absolute Gasteiger partial charge is 0.382 e. The third kappa shape index (κ3) is 4.33. The molecule has 10 nitrogen and oxygen atoms in total. The SMILES string of the molecule is COC1([C@@H](Cc2ccccc2)c2nc(-c3ccc4c(N)n[nH]c4c3)c(Cl)[nH]2)C=C(C(N)=O)C=CC1C(N)=O. The number of hydrogen-bond acceptors (Lipinski definition) is 6. The average molecular weight is 532 g/mol. The lowest BCUT2D eigenvalue weighted by atomic mass is 9.70. The minimum absolute atomic E-state index is 0.197. The molecule has 2 aromatic carbocycles. The molecule has 2 amide bonds. The number of carbonyl (C=O) groups excluding carboxylic acids is 2. The van der Waals surface area contributed by atoms with E-state index in [1.807, 2.05) is 48.5 Å². The van der Waals surface area contributed by atoms with Crippen LogP contribution in [0, 0.1) is 5.92 Å². The third-order valence-corrected chi connectivity index (χ3v) is 7.25. The maximum atomic E-state index is 12.7. The van der Waals surface area contributed by atoms with E-state index >= 15 is 0 Å². The highest BCUT2D eigenvalue weighted by Crippen LogP contribution is 2.44. The van der Waals surface area contributed by atoms with Crippen molar-refractivity contribution < 1.29 is 14.3 Å². The molecule has 3 atom stereocenters. The molecule has 8 N–H and O–H groups in total. The molecular weight excluding hydrogens is 506 g/mol. The molecule has 0 fully saturated rings. The number of benzene rings is 2. The molecule has 5 rings (SSSR count). The number of fused-ring (bicyclic) bond motifs is 1. The minimum Gasteiger partial charge on any atom is -0.382 e. The van der Waals surface area contributed by atoms with Gasteiger partial charge in [-0.2, -0.15) is 5.10 Å². The van der Waals surface area contributed by atoms with Gasteiger partial charge in [-0.05, 0) is 30.2 Å². The van der Waals surface area contributed by atoms with Crippen LogP contribution >= 0.6 is 11.6 Å². The maximum absolute atomic E-state index is 12.7. The van der Waals surface area contributed by atoms with E-state index in [0.29, 0.717) is 23.8 Å². The standard InChI is InChI=1S/C27H26ClN7O3/c1-38-27(13-16(24(30)36)8-10-18(27)25(31)37)19(11-14-5-3-2-4-6-14)26-32-21(22(28)33-26)15-7-9-17-20(12-15)34-35-23(17)29/h2-10,12-13,18-19H,11H2,1H3,(H2,30,36)(H2,31,37)(H,32,33)(H3,29,34,35)/t18?,19-,27?/m0/s1. The molecule has 0 bridgehead atoms. The molecule has 0 aliphatic heterocycles. The third-order valence-electron chi connectivity index (χ3n) is 6.98. The second-order valence-corrected chi connectivity index (χ2v) is 9.53. The molecule has 0 radical (unpaired) electrons. The van der Waals surface area contributed by atoms with E-state index in [1.54, 1.807) is 12.2 Å². The first-order valence-corrected chi connectivity index (χ1v) is 12.2. The topological polar surface area (TPSA) is 179 Å². The fourth-order valence-electron chi connectivity index (χ4n) is 5.08. The summed E-state index contributed by atoms with van der Waals surface area (Å²) in [6.45, 7) is 0. The van der Waals surface area contributed by atoms with Crippen LogP contribution in [0.2, 0.25) is 5.15 Å². The molecule has 11 heteroatoms. The van der Waals surface area contributed by atoms with Gasteiger partial charge in [-0.3, -0.25) is 14.7 Å². The molecule has 1 aliphatic rings. The highest BCUT2D eigenvalue weighted by molar-refractivity contribution is 6.32. The number of nitrogen functional groups attached to an aromatic ring is 1. The number of rotatable bonds is 8. The van der Waals surface area contributed by atoms with E-state index in [0.717, 1.165) is 22.0 Å². The molecule has 38 heavy (non-hydrogen) atoms. The molecular formula is C27H26ClN7O3. The van der Waals surface area contributed by atoms with Gasteiger partial charge >= 0.3 is 0 Å². The molecule has 2 heterocycles. The number of nitrogens with two attached hydrogens (primary N) is 3. The number of H-pyrrole nitrogens is 2. The Hall–Kier alpha value is -4.41. The summed E-state index contributed by atoms with van der Waals surface area (Å²) in [5, 5.41) is 8.00. The zero-order chi connectivity index (χ0) is 27.0. The quantitative estimate of drug-likeness (QED) is 0.233. The summed E-state index contributed by atoms with van der Waals surface area (Å²) in [4.78, 5) is 32.9. The van der Waals surface area contributed by atoms with Crippen molar-refractivity contribution in [3.63, 3.8) is 0 Å². The maximum Gasteiger partial charge on any atom is 0.248 e. The van der Waals surface area contributed by atoms with Crippen molar-refractivity contribution in [3.05, 3.63) is 88.9 Å². The normalized spacial score (nSPS) is 19.8. The summed E-state index contributed by atoms with van der Waals surface area (Å²) in [7, 11) is 1.46. The number of nitrogens with zero attached hydrogens (tertiary/aromatic N) is 2. The first-order valence-electron chi connectivity index (χ1n) is 11.8. The summed E-state index contributed by atoms with van der Waals surface area (Å²) < 4.78 is 6.07. The van der Waals surface area contributed by atoms with Crippen LogP contribution in [0.1, 0.15) is 17.3 Å². The number of aromatic nitrogens is 4. The number of anilines is 1. The van der Waals surface area contributed by atoms with Crippen LogP contribution in [0.15, 0.2) is 72.3 Å². The number of hydrogen-bond donors (Lipinski definition) is 5. The van der Waals surface area contributed by atoms with E-state index in [4.69, 9.17) is 38.5 Å². The van der Waals surface area contributed by atoms with E-state index in [-0.39, 0.29) is 10.7 Å². The van der Waals surface area contributed by atoms with Gasteiger partial charge in [0.25, 0.3) is 0 Å². The molecule has 0 saturated heterocycles. The van der Waals surface area contributed by atoms with E-state index in [2.05, 4.69) is 15.2 Å². The van der Waals surface area contributed by atoms with Crippen LogP contribution in [0.4, 0.5) is 5.82 Å². The van der Waals surface area contributed by atoms with Crippen LogP contribution in [-0.2, 0) is 20.7 Å². The lowest BCUT2D eigenvalue weighted by Crippen LogP contribution is -2.51. The smallest absolute Gasteiger partial charge is 0.248 e. The number of nitrogens with one attached hydrogen (secondary N) is 2.